The zero-order valence-corrected chi connectivity index (χ0v) is 26.3. The summed E-state index contributed by atoms with van der Waals surface area (Å²) in [7, 11) is 0. The molecule has 0 aliphatic heterocycles. The average molecular weight is 606 g/mol. The van der Waals surface area contributed by atoms with E-state index in [1.807, 2.05) is 30.3 Å². The third-order valence-electron chi connectivity index (χ3n) is 6.02. The van der Waals surface area contributed by atoms with Crippen molar-refractivity contribution in [2.24, 2.45) is 0 Å². The number of terminal acetylenes is 1. The Bertz CT molecular complexity index is 1340. The van der Waals surface area contributed by atoms with Crippen molar-refractivity contribution in [2.45, 2.75) is 77.3 Å². The molecule has 3 amide bonds. The Hall–Kier alpha value is -4.62. The summed E-state index contributed by atoms with van der Waals surface area (Å²) in [6.07, 6.45) is 6.14. The van der Waals surface area contributed by atoms with Gasteiger partial charge in [-0.05, 0) is 64.8 Å². The highest BCUT2D eigenvalue weighted by Gasteiger charge is 2.37. The molecule has 236 valence electrons. The molecule has 0 heterocycles. The van der Waals surface area contributed by atoms with Gasteiger partial charge in [-0.25, -0.2) is 9.59 Å². The van der Waals surface area contributed by atoms with Crippen LogP contribution in [0, 0.1) is 12.3 Å². The minimum atomic E-state index is -1.45. The van der Waals surface area contributed by atoms with Crippen LogP contribution in [0.4, 0.5) is 4.79 Å². The molecule has 0 spiro atoms. The minimum Gasteiger partial charge on any atom is -0.458 e. The zero-order chi connectivity index (χ0) is 33.1. The van der Waals surface area contributed by atoms with Crippen LogP contribution in [0.15, 0.2) is 67.3 Å². The van der Waals surface area contributed by atoms with E-state index in [0.717, 1.165) is 10.5 Å². The van der Waals surface area contributed by atoms with Crippen molar-refractivity contribution < 1.29 is 33.8 Å². The molecular weight excluding hydrogens is 562 g/mol. The van der Waals surface area contributed by atoms with Crippen LogP contribution in [0.2, 0.25) is 0 Å². The van der Waals surface area contributed by atoms with E-state index in [1.54, 1.807) is 65.8 Å². The number of hydrogen-bond donors (Lipinski definition) is 3. The van der Waals surface area contributed by atoms with Gasteiger partial charge in [-0.1, -0.05) is 54.5 Å². The second-order valence-electron chi connectivity index (χ2n) is 12.1. The Morgan fingerprint density at radius 2 is 1.52 bits per heavy atom. The lowest BCUT2D eigenvalue weighted by Crippen LogP contribution is -2.56. The number of aliphatic hydroxyl groups is 1. The van der Waals surface area contributed by atoms with Crippen LogP contribution in [0.1, 0.15) is 64.3 Å². The summed E-state index contributed by atoms with van der Waals surface area (Å²) in [5.74, 6) is 0.374. The van der Waals surface area contributed by atoms with Gasteiger partial charge in [-0.2, -0.15) is 0 Å². The van der Waals surface area contributed by atoms with E-state index >= 15 is 0 Å². The summed E-state index contributed by atoms with van der Waals surface area (Å²) in [6.45, 7) is 12.9. The number of aliphatic hydroxyl groups excluding tert-OH is 1. The zero-order valence-electron chi connectivity index (χ0n) is 26.3. The number of carbonyl (C=O) groups excluding carboxylic acids is 4. The molecule has 2 aromatic carbocycles. The standard InChI is InChI=1S/C34H43N3O7/c1-9-20-37(30(40)27(22-38)36-32(42)44-34(6,7)8)28(25-18-16-23(10-2)17-19-25)29(39)35-26(31(41)43-33(3,4)5)21-24-14-12-11-13-15-24/h2,9,11-19,26-28,38H,1,20-22H2,3-8H3,(H,35,39)(H,36,42). The molecule has 2 rings (SSSR count). The monoisotopic (exact) mass is 605 g/mol. The molecule has 0 aliphatic carbocycles. The van der Waals surface area contributed by atoms with E-state index in [2.05, 4.69) is 23.1 Å². The third-order valence-corrected chi connectivity index (χ3v) is 6.02. The van der Waals surface area contributed by atoms with Crippen molar-refractivity contribution in [3.05, 3.63) is 83.9 Å². The van der Waals surface area contributed by atoms with Crippen LogP contribution < -0.4 is 10.6 Å². The fraction of sp³-hybridized carbons (Fsp3) is 0.412. The number of hydrogen-bond acceptors (Lipinski definition) is 7. The van der Waals surface area contributed by atoms with Gasteiger partial charge >= 0.3 is 12.1 Å². The van der Waals surface area contributed by atoms with Gasteiger partial charge in [0, 0.05) is 18.5 Å². The van der Waals surface area contributed by atoms with Gasteiger partial charge in [0.25, 0.3) is 0 Å². The lowest BCUT2D eigenvalue weighted by atomic mass is 9.99. The number of benzene rings is 2. The van der Waals surface area contributed by atoms with E-state index in [9.17, 15) is 24.3 Å². The molecule has 0 saturated carbocycles. The highest BCUT2D eigenvalue weighted by molar-refractivity contribution is 5.94. The molecular formula is C34H43N3O7. The summed E-state index contributed by atoms with van der Waals surface area (Å²) in [6, 6.07) is 11.7. The second kappa shape index (κ2) is 15.7. The van der Waals surface area contributed by atoms with Gasteiger partial charge in [-0.15, -0.1) is 13.0 Å². The predicted molar refractivity (Wildman–Crippen MR) is 167 cm³/mol. The van der Waals surface area contributed by atoms with Crippen LogP contribution in [0.5, 0.6) is 0 Å². The largest absolute Gasteiger partial charge is 0.458 e. The number of ether oxygens (including phenoxy) is 2. The van der Waals surface area contributed by atoms with Crippen LogP contribution in [0.3, 0.4) is 0 Å². The predicted octanol–water partition coefficient (Wildman–Crippen LogP) is 3.68. The van der Waals surface area contributed by atoms with Gasteiger partial charge < -0.3 is 30.1 Å². The topological polar surface area (TPSA) is 134 Å². The molecule has 3 atom stereocenters. The highest BCUT2D eigenvalue weighted by atomic mass is 16.6. The fourth-order valence-electron chi connectivity index (χ4n) is 4.20. The Labute approximate surface area is 259 Å². The average Bonchev–Trinajstić information content (AvgIpc) is 2.94. The first-order valence-corrected chi connectivity index (χ1v) is 14.2. The molecule has 0 saturated heterocycles. The SMILES string of the molecule is C#Cc1ccc(C(C(=O)NC(Cc2ccccc2)C(=O)OC(C)(C)C)N(CC=C)C(=O)C(CO)NC(=O)OC(C)(C)C)cc1. The molecule has 0 radical (unpaired) electrons. The van der Waals surface area contributed by atoms with Crippen molar-refractivity contribution in [3.8, 4) is 12.3 Å². The van der Waals surface area contributed by atoms with E-state index in [4.69, 9.17) is 15.9 Å². The smallest absolute Gasteiger partial charge is 0.408 e. The van der Waals surface area contributed by atoms with Crippen LogP contribution >= 0.6 is 0 Å². The first-order chi connectivity index (χ1) is 20.6. The summed E-state index contributed by atoms with van der Waals surface area (Å²) in [4.78, 5) is 54.9. The van der Waals surface area contributed by atoms with Gasteiger partial charge in [0.05, 0.1) is 6.61 Å². The molecule has 10 heteroatoms. The van der Waals surface area contributed by atoms with E-state index < -0.39 is 59.8 Å². The molecule has 0 fully saturated rings. The molecule has 10 nitrogen and oxygen atoms in total. The summed E-state index contributed by atoms with van der Waals surface area (Å²) in [5, 5.41) is 15.2. The maximum atomic E-state index is 14.1. The number of alkyl carbamates (subject to hydrolysis) is 1. The first-order valence-electron chi connectivity index (χ1n) is 14.2. The van der Waals surface area contributed by atoms with Crippen molar-refractivity contribution in [1.29, 1.82) is 0 Å². The fourth-order valence-corrected chi connectivity index (χ4v) is 4.20. The van der Waals surface area contributed by atoms with Crippen molar-refractivity contribution in [3.63, 3.8) is 0 Å². The van der Waals surface area contributed by atoms with Gasteiger partial charge in [0.1, 0.15) is 29.3 Å². The van der Waals surface area contributed by atoms with Gasteiger partial charge in [0.15, 0.2) is 0 Å². The van der Waals surface area contributed by atoms with E-state index in [1.165, 1.54) is 6.08 Å². The number of nitrogens with one attached hydrogen (secondary N) is 2. The van der Waals surface area contributed by atoms with Crippen LogP contribution in [-0.4, -0.2) is 70.3 Å². The lowest BCUT2D eigenvalue weighted by Gasteiger charge is -2.34. The molecule has 0 aliphatic rings. The second-order valence-corrected chi connectivity index (χ2v) is 12.1. The van der Waals surface area contributed by atoms with Crippen LogP contribution in [-0.2, 0) is 30.3 Å². The number of esters is 1. The van der Waals surface area contributed by atoms with Crippen molar-refractivity contribution in [2.75, 3.05) is 13.2 Å². The Morgan fingerprint density at radius 1 is 0.932 bits per heavy atom. The molecule has 0 bridgehead atoms. The summed E-state index contributed by atoms with van der Waals surface area (Å²) < 4.78 is 10.9. The summed E-state index contributed by atoms with van der Waals surface area (Å²) in [5.41, 5.74) is 0.0102. The maximum absolute atomic E-state index is 14.1. The van der Waals surface area contributed by atoms with Gasteiger partial charge in [0.2, 0.25) is 11.8 Å². The molecule has 3 N–H and O–H groups in total. The number of rotatable bonds is 12. The number of nitrogens with zero attached hydrogens (tertiary/aromatic N) is 1. The lowest BCUT2D eigenvalue weighted by molar-refractivity contribution is -0.159. The third kappa shape index (κ3) is 11.2. The van der Waals surface area contributed by atoms with Gasteiger partial charge in [-0.3, -0.25) is 9.59 Å². The van der Waals surface area contributed by atoms with Crippen molar-refractivity contribution in [1.82, 2.24) is 15.5 Å². The minimum absolute atomic E-state index is 0.124. The molecule has 0 aromatic heterocycles. The first kappa shape index (κ1) is 35.6. The van der Waals surface area contributed by atoms with Crippen LogP contribution in [0.25, 0.3) is 0 Å². The number of amides is 3. The van der Waals surface area contributed by atoms with Crippen molar-refractivity contribution >= 4 is 23.9 Å². The maximum Gasteiger partial charge on any atom is 0.408 e. The van der Waals surface area contributed by atoms with E-state index in [0.29, 0.717) is 11.1 Å². The molecule has 2 aromatic rings. The summed E-state index contributed by atoms with van der Waals surface area (Å²) >= 11 is 0. The normalized spacial score (nSPS) is 13.3. The Balaban J connectivity index is 2.55. The van der Waals surface area contributed by atoms with E-state index in [-0.39, 0.29) is 13.0 Å². The highest BCUT2D eigenvalue weighted by Crippen LogP contribution is 2.24. The molecule has 44 heavy (non-hydrogen) atoms. The Morgan fingerprint density at radius 3 is 2.02 bits per heavy atom. The number of carbonyl (C=O) groups is 4. The Kier molecular flexibility index (Phi) is 12.7. The quantitative estimate of drug-likeness (QED) is 0.191. The molecule has 3 unspecified atom stereocenters.